The fraction of sp³-hybridized carbons (Fsp3) is 0.158. The molecule has 24 heavy (non-hydrogen) atoms. The summed E-state index contributed by atoms with van der Waals surface area (Å²) < 4.78 is 5.75. The highest BCUT2D eigenvalue weighted by Crippen LogP contribution is 2.37. The number of hydrogen-bond acceptors (Lipinski definition) is 3. The minimum Gasteiger partial charge on any atom is -0.450 e. The number of amides is 1. The van der Waals surface area contributed by atoms with Gasteiger partial charge in [-0.05, 0) is 30.7 Å². The van der Waals surface area contributed by atoms with Gasteiger partial charge in [0.25, 0.3) is 5.91 Å². The molecule has 4 rings (SSSR count). The second kappa shape index (κ2) is 5.21. The van der Waals surface area contributed by atoms with Crippen LogP contribution in [0.2, 0.25) is 5.02 Å². The summed E-state index contributed by atoms with van der Waals surface area (Å²) in [5.41, 5.74) is 2.53. The second-order valence-electron chi connectivity index (χ2n) is 6.04. The smallest absolute Gasteiger partial charge is 0.290 e. The van der Waals surface area contributed by atoms with Gasteiger partial charge >= 0.3 is 0 Å². The summed E-state index contributed by atoms with van der Waals surface area (Å²) in [6.45, 7) is 1.99. The van der Waals surface area contributed by atoms with E-state index in [-0.39, 0.29) is 17.1 Å². The predicted molar refractivity (Wildman–Crippen MR) is 92.6 cm³/mol. The Kier molecular flexibility index (Phi) is 3.25. The molecule has 2 aromatic carbocycles. The van der Waals surface area contributed by atoms with E-state index in [1.54, 1.807) is 30.1 Å². The van der Waals surface area contributed by atoms with Gasteiger partial charge in [0.05, 0.1) is 17.0 Å². The van der Waals surface area contributed by atoms with Gasteiger partial charge in [-0.15, -0.1) is 0 Å². The molecule has 0 N–H and O–H groups in total. The Labute approximate surface area is 143 Å². The summed E-state index contributed by atoms with van der Waals surface area (Å²) in [5.74, 6) is -0.174. The molecule has 0 saturated heterocycles. The van der Waals surface area contributed by atoms with Crippen molar-refractivity contribution in [2.24, 2.45) is 0 Å². The fourth-order valence-corrected chi connectivity index (χ4v) is 3.37. The van der Waals surface area contributed by atoms with Crippen LogP contribution in [0.1, 0.15) is 33.3 Å². The van der Waals surface area contributed by atoms with Crippen LogP contribution in [0.5, 0.6) is 0 Å². The van der Waals surface area contributed by atoms with Crippen molar-refractivity contribution < 1.29 is 9.21 Å². The van der Waals surface area contributed by atoms with Gasteiger partial charge in [-0.25, -0.2) is 0 Å². The van der Waals surface area contributed by atoms with E-state index in [0.29, 0.717) is 21.6 Å². The summed E-state index contributed by atoms with van der Waals surface area (Å²) in [7, 11) is 1.68. The average molecular weight is 340 g/mol. The van der Waals surface area contributed by atoms with Crippen LogP contribution in [0, 0.1) is 6.92 Å². The van der Waals surface area contributed by atoms with Crippen molar-refractivity contribution in [3.8, 4) is 0 Å². The van der Waals surface area contributed by atoms with Gasteiger partial charge in [-0.3, -0.25) is 9.59 Å². The third-order valence-electron chi connectivity index (χ3n) is 4.46. The molecule has 4 nitrogen and oxygen atoms in total. The molecule has 120 valence electrons. The van der Waals surface area contributed by atoms with Crippen molar-refractivity contribution in [1.29, 1.82) is 0 Å². The maximum Gasteiger partial charge on any atom is 0.290 e. The summed E-state index contributed by atoms with van der Waals surface area (Å²) in [6, 6.07) is 12.2. The molecule has 1 aliphatic rings. The van der Waals surface area contributed by atoms with Gasteiger partial charge < -0.3 is 9.32 Å². The lowest BCUT2D eigenvalue weighted by Gasteiger charge is -2.20. The first-order valence-corrected chi connectivity index (χ1v) is 7.95. The largest absolute Gasteiger partial charge is 0.450 e. The lowest BCUT2D eigenvalue weighted by Crippen LogP contribution is -2.25. The van der Waals surface area contributed by atoms with Crippen molar-refractivity contribution in [2.75, 3.05) is 7.05 Å². The van der Waals surface area contributed by atoms with Crippen LogP contribution >= 0.6 is 11.6 Å². The van der Waals surface area contributed by atoms with E-state index in [2.05, 4.69) is 0 Å². The van der Waals surface area contributed by atoms with Crippen LogP contribution in [0.3, 0.4) is 0 Å². The molecule has 3 aromatic rings. The maximum atomic E-state index is 13.0. The Morgan fingerprint density at radius 2 is 1.79 bits per heavy atom. The highest BCUT2D eigenvalue weighted by atomic mass is 35.5. The molecule has 0 radical (unpaired) electrons. The van der Waals surface area contributed by atoms with E-state index >= 15 is 0 Å². The van der Waals surface area contributed by atoms with E-state index in [1.165, 1.54) is 0 Å². The first-order valence-electron chi connectivity index (χ1n) is 7.57. The van der Waals surface area contributed by atoms with E-state index in [4.69, 9.17) is 16.0 Å². The zero-order valence-corrected chi connectivity index (χ0v) is 13.9. The SMILES string of the molecule is Cc1ccc([C@H]2c3c(oc4ccc(Cl)cc4c3=O)C(=O)N2C)cc1. The van der Waals surface area contributed by atoms with Crippen LogP contribution in [-0.2, 0) is 0 Å². The minimum atomic E-state index is -0.451. The third-order valence-corrected chi connectivity index (χ3v) is 4.69. The number of rotatable bonds is 1. The van der Waals surface area contributed by atoms with Crippen LogP contribution in [0.25, 0.3) is 11.0 Å². The Morgan fingerprint density at radius 3 is 2.50 bits per heavy atom. The molecule has 1 atom stereocenters. The molecule has 0 saturated carbocycles. The number of benzene rings is 2. The topological polar surface area (TPSA) is 50.5 Å². The normalized spacial score (nSPS) is 16.7. The molecule has 1 aliphatic heterocycles. The lowest BCUT2D eigenvalue weighted by atomic mass is 9.98. The second-order valence-corrected chi connectivity index (χ2v) is 6.48. The van der Waals surface area contributed by atoms with Crippen LogP contribution in [-0.4, -0.2) is 17.9 Å². The molecule has 0 bridgehead atoms. The van der Waals surface area contributed by atoms with Gasteiger partial charge in [-0.1, -0.05) is 41.4 Å². The van der Waals surface area contributed by atoms with E-state index in [0.717, 1.165) is 11.1 Å². The summed E-state index contributed by atoms with van der Waals surface area (Å²) in [5, 5.41) is 0.848. The molecule has 0 spiro atoms. The van der Waals surface area contributed by atoms with Gasteiger partial charge in [0, 0.05) is 12.1 Å². The third kappa shape index (κ3) is 2.07. The quantitative estimate of drug-likeness (QED) is 0.675. The fourth-order valence-electron chi connectivity index (χ4n) is 3.20. The van der Waals surface area contributed by atoms with Crippen molar-refractivity contribution in [1.82, 2.24) is 4.90 Å². The monoisotopic (exact) mass is 339 g/mol. The molecule has 1 amide bonds. The summed E-state index contributed by atoms with van der Waals surface area (Å²) >= 11 is 6.01. The molecule has 1 aromatic heterocycles. The number of hydrogen-bond donors (Lipinski definition) is 0. The number of halogens is 1. The lowest BCUT2D eigenvalue weighted by molar-refractivity contribution is 0.0771. The molecule has 5 heteroatoms. The van der Waals surface area contributed by atoms with Crippen LogP contribution in [0.15, 0.2) is 51.7 Å². The molecular weight excluding hydrogens is 326 g/mol. The summed E-state index contributed by atoms with van der Waals surface area (Å²) in [6.07, 6.45) is 0. The molecule has 2 heterocycles. The zero-order valence-electron chi connectivity index (χ0n) is 13.2. The van der Waals surface area contributed by atoms with Crippen molar-refractivity contribution >= 4 is 28.5 Å². The number of carbonyl (C=O) groups is 1. The predicted octanol–water partition coefficient (Wildman–Crippen LogP) is 3.93. The van der Waals surface area contributed by atoms with Crippen molar-refractivity contribution in [3.63, 3.8) is 0 Å². The van der Waals surface area contributed by atoms with Crippen molar-refractivity contribution in [2.45, 2.75) is 13.0 Å². The van der Waals surface area contributed by atoms with Crippen molar-refractivity contribution in [3.05, 3.63) is 80.2 Å². The summed E-state index contributed by atoms with van der Waals surface area (Å²) in [4.78, 5) is 27.1. The molecule has 0 unspecified atom stereocenters. The Hall–Kier alpha value is -2.59. The Bertz CT molecular complexity index is 1040. The van der Waals surface area contributed by atoms with Gasteiger partial charge in [-0.2, -0.15) is 0 Å². The first-order chi connectivity index (χ1) is 11.5. The highest BCUT2D eigenvalue weighted by molar-refractivity contribution is 6.31. The number of aryl methyl sites for hydroxylation is 1. The van der Waals surface area contributed by atoms with Gasteiger partial charge in [0.1, 0.15) is 5.58 Å². The minimum absolute atomic E-state index is 0.114. The Balaban J connectivity index is 2.03. The number of fused-ring (bicyclic) bond motifs is 2. The Morgan fingerprint density at radius 1 is 1.08 bits per heavy atom. The van der Waals surface area contributed by atoms with Crippen LogP contribution < -0.4 is 5.43 Å². The van der Waals surface area contributed by atoms with Gasteiger partial charge in [0.15, 0.2) is 5.43 Å². The highest BCUT2D eigenvalue weighted by Gasteiger charge is 2.40. The molecule has 0 aliphatic carbocycles. The standard InChI is InChI=1S/C19H14ClNO3/c1-10-3-5-11(6-4-10)16-15-17(22)13-9-12(20)7-8-14(13)24-18(15)19(23)21(16)2/h3-9,16H,1-2H3/t16-/m0/s1. The first kappa shape index (κ1) is 15.0. The number of carbonyl (C=O) groups excluding carboxylic acids is 1. The zero-order chi connectivity index (χ0) is 17.0. The van der Waals surface area contributed by atoms with Crippen LogP contribution in [0.4, 0.5) is 0 Å². The maximum absolute atomic E-state index is 13.0. The van der Waals surface area contributed by atoms with E-state index in [1.807, 2.05) is 31.2 Å². The van der Waals surface area contributed by atoms with Gasteiger partial charge in [0.2, 0.25) is 5.76 Å². The molecular formula is C19H14ClNO3. The van der Waals surface area contributed by atoms with E-state index in [9.17, 15) is 9.59 Å². The van der Waals surface area contributed by atoms with E-state index < -0.39 is 6.04 Å². The molecule has 0 fully saturated rings. The average Bonchev–Trinajstić information content (AvgIpc) is 2.82. The number of nitrogens with zero attached hydrogens (tertiary/aromatic N) is 1.